The first-order valence-electron chi connectivity index (χ1n) is 22.4. The summed E-state index contributed by atoms with van der Waals surface area (Å²) in [4.78, 5) is 70.1. The number of amides is 4. The summed E-state index contributed by atoms with van der Waals surface area (Å²) >= 11 is 13.8. The first-order valence-corrected chi connectivity index (χ1v) is 23.1. The van der Waals surface area contributed by atoms with Crippen molar-refractivity contribution < 1.29 is 28.7 Å². The predicted molar refractivity (Wildman–Crippen MR) is 235 cm³/mol. The molecule has 0 spiro atoms. The summed E-state index contributed by atoms with van der Waals surface area (Å²) in [5.41, 5.74) is 7.90. The fourth-order valence-electron chi connectivity index (χ4n) is 9.92. The number of halogens is 2. The molecule has 3 N–H and O–H groups in total. The molecular weight excluding hydrogens is 829 g/mol. The van der Waals surface area contributed by atoms with Crippen molar-refractivity contribution in [2.24, 2.45) is 28.7 Å². The highest BCUT2D eigenvalue weighted by atomic mass is 35.5. The summed E-state index contributed by atoms with van der Waals surface area (Å²) in [6.07, 6.45) is 7.23. The number of rotatable bonds is 12. The number of carbonyl (C=O) groups excluding carboxylic acids is 4. The minimum absolute atomic E-state index is 0.0166. The summed E-state index contributed by atoms with van der Waals surface area (Å²) in [5, 5.41) is 6.85. The predicted octanol–water partition coefficient (Wildman–Crippen LogP) is 7.69. The molecular formula is C47H53Cl2N7O6. The Hall–Kier alpha value is -4.88. The average Bonchev–Trinajstić information content (AvgIpc) is 4.09. The smallest absolute Gasteiger partial charge is 0.246 e. The third-order valence-electron chi connectivity index (χ3n) is 13.7. The van der Waals surface area contributed by atoms with Crippen LogP contribution in [0, 0.1) is 23.7 Å². The highest BCUT2D eigenvalue weighted by molar-refractivity contribution is 6.35. The monoisotopic (exact) mass is 881 g/mol. The van der Waals surface area contributed by atoms with E-state index in [0.717, 1.165) is 108 Å². The molecule has 6 heterocycles. The van der Waals surface area contributed by atoms with Crippen molar-refractivity contribution in [3.8, 4) is 33.9 Å². The van der Waals surface area contributed by atoms with Gasteiger partial charge in [-0.25, -0.2) is 9.98 Å². The van der Waals surface area contributed by atoms with Gasteiger partial charge in [0.25, 0.3) is 0 Å². The normalized spacial score (nSPS) is 22.4. The third-order valence-corrected chi connectivity index (χ3v) is 14.2. The van der Waals surface area contributed by atoms with Gasteiger partial charge in [0.2, 0.25) is 23.6 Å². The lowest BCUT2D eigenvalue weighted by molar-refractivity contribution is -0.139. The van der Waals surface area contributed by atoms with Crippen LogP contribution in [-0.2, 0) is 32.4 Å². The second-order valence-corrected chi connectivity index (χ2v) is 19.6. The maximum Gasteiger partial charge on any atom is 0.246 e. The maximum absolute atomic E-state index is 14.0. The molecule has 4 atom stereocenters. The number of nitrogens with zero attached hydrogens (tertiary/aromatic N) is 4. The molecule has 13 nitrogen and oxygen atoms in total. The first-order chi connectivity index (χ1) is 29.8. The Morgan fingerprint density at radius 2 is 1.24 bits per heavy atom. The lowest BCUT2D eigenvalue weighted by atomic mass is 9.86. The average molecular weight is 883 g/mol. The Labute approximate surface area is 371 Å². The van der Waals surface area contributed by atoms with Crippen molar-refractivity contribution in [1.82, 2.24) is 30.4 Å². The van der Waals surface area contributed by atoms with Crippen LogP contribution in [0.2, 0.25) is 5.15 Å². The van der Waals surface area contributed by atoms with E-state index < -0.39 is 12.1 Å². The van der Waals surface area contributed by atoms with Gasteiger partial charge in [0.1, 0.15) is 58.6 Å². The highest BCUT2D eigenvalue weighted by Gasteiger charge is 2.43. The molecule has 7 aliphatic rings. The van der Waals surface area contributed by atoms with E-state index in [9.17, 15) is 19.2 Å². The van der Waals surface area contributed by atoms with E-state index in [0.29, 0.717) is 54.6 Å². The number of nitrogens with one attached hydrogen (secondary N) is 3. The molecule has 5 aliphatic heterocycles. The number of imidazole rings is 1. The van der Waals surface area contributed by atoms with E-state index in [1.807, 2.05) is 55.7 Å². The van der Waals surface area contributed by atoms with Gasteiger partial charge in [0, 0.05) is 70.4 Å². The SMILES string of the molecule is CC(C)[C@H](NC(=O)C1CC1)C(=O)N1CCC[C@H]1C1=NC(Cl)=C(c2cc3c4c(c2)OCc2cc(-c5nc([C@@H]6CCCN6C(=O)[C@@H](NC(=O)C6CC6)C(C)C)[nH]c5Cl)cc(c2-4)OC3)C1. The van der Waals surface area contributed by atoms with E-state index in [-0.39, 0.29) is 59.4 Å². The highest BCUT2D eigenvalue weighted by Crippen LogP contribution is 2.52. The van der Waals surface area contributed by atoms with Gasteiger partial charge in [0.15, 0.2) is 0 Å². The van der Waals surface area contributed by atoms with Crippen molar-refractivity contribution >= 4 is 58.1 Å². The summed E-state index contributed by atoms with van der Waals surface area (Å²) in [7, 11) is 0. The number of allylic oxidation sites excluding steroid dienone is 1. The Morgan fingerprint density at radius 3 is 1.79 bits per heavy atom. The molecule has 15 heteroatoms. The molecule has 326 valence electrons. The summed E-state index contributed by atoms with van der Waals surface area (Å²) < 4.78 is 13.0. The van der Waals surface area contributed by atoms with Gasteiger partial charge in [-0.05, 0) is 93.0 Å². The zero-order chi connectivity index (χ0) is 43.1. The molecule has 4 fully saturated rings. The minimum Gasteiger partial charge on any atom is -0.488 e. The Morgan fingerprint density at radius 1 is 0.726 bits per heavy atom. The zero-order valence-electron chi connectivity index (χ0n) is 35.6. The van der Waals surface area contributed by atoms with Crippen molar-refractivity contribution in [1.29, 1.82) is 0 Å². The molecule has 3 aromatic rings. The van der Waals surface area contributed by atoms with Crippen LogP contribution in [0.3, 0.4) is 0 Å². The molecule has 0 unspecified atom stereocenters. The van der Waals surface area contributed by atoms with Crippen molar-refractivity contribution in [3.63, 3.8) is 0 Å². The number of ether oxygens (including phenoxy) is 2. The lowest BCUT2D eigenvalue weighted by Crippen LogP contribution is -2.54. The topological polar surface area (TPSA) is 158 Å². The molecule has 2 aliphatic carbocycles. The van der Waals surface area contributed by atoms with Crippen LogP contribution in [0.25, 0.3) is 28.0 Å². The number of hydrogen-bond donors (Lipinski definition) is 3. The zero-order valence-corrected chi connectivity index (χ0v) is 37.1. The molecule has 0 radical (unpaired) electrons. The third kappa shape index (κ3) is 7.46. The number of aliphatic imine (C=N–C) groups is 1. The lowest BCUT2D eigenvalue weighted by Gasteiger charge is -2.31. The molecule has 2 saturated carbocycles. The minimum atomic E-state index is -0.600. The maximum atomic E-state index is 14.0. The first kappa shape index (κ1) is 41.1. The van der Waals surface area contributed by atoms with Crippen LogP contribution in [0.15, 0.2) is 34.4 Å². The second kappa shape index (κ2) is 16.0. The van der Waals surface area contributed by atoms with Gasteiger partial charge in [-0.1, -0.05) is 50.9 Å². The number of H-pyrrole nitrogens is 1. The van der Waals surface area contributed by atoms with E-state index in [4.69, 9.17) is 42.7 Å². The second-order valence-electron chi connectivity index (χ2n) is 18.8. The van der Waals surface area contributed by atoms with E-state index >= 15 is 0 Å². The molecule has 2 aromatic carbocycles. The van der Waals surface area contributed by atoms with Gasteiger partial charge < -0.3 is 34.9 Å². The van der Waals surface area contributed by atoms with Crippen LogP contribution in [0.4, 0.5) is 0 Å². The number of likely N-dealkylation sites (tertiary alicyclic amines) is 2. The largest absolute Gasteiger partial charge is 0.488 e. The number of carbonyl (C=O) groups is 4. The quantitative estimate of drug-likeness (QED) is 0.158. The summed E-state index contributed by atoms with van der Waals surface area (Å²) in [6, 6.07) is 6.51. The van der Waals surface area contributed by atoms with Gasteiger partial charge in [-0.2, -0.15) is 0 Å². The Bertz CT molecular complexity index is 2400. The molecule has 1 aromatic heterocycles. The van der Waals surface area contributed by atoms with Crippen LogP contribution in [-0.4, -0.2) is 80.3 Å². The number of benzene rings is 2. The van der Waals surface area contributed by atoms with Crippen LogP contribution < -0.4 is 20.1 Å². The van der Waals surface area contributed by atoms with Gasteiger partial charge >= 0.3 is 0 Å². The van der Waals surface area contributed by atoms with Gasteiger partial charge in [0.05, 0.1) is 12.1 Å². The molecule has 2 saturated heterocycles. The molecule has 62 heavy (non-hydrogen) atoms. The van der Waals surface area contributed by atoms with E-state index in [1.54, 1.807) is 0 Å². The van der Waals surface area contributed by atoms with Crippen molar-refractivity contribution in [2.45, 2.75) is 123 Å². The molecule has 0 bridgehead atoms. The van der Waals surface area contributed by atoms with Crippen LogP contribution >= 0.6 is 23.2 Å². The molecule has 10 rings (SSSR count). The fourth-order valence-corrected chi connectivity index (χ4v) is 10.5. The summed E-state index contributed by atoms with van der Waals surface area (Å²) in [6.45, 7) is 9.69. The van der Waals surface area contributed by atoms with Gasteiger partial charge in [-0.15, -0.1) is 0 Å². The van der Waals surface area contributed by atoms with E-state index in [1.165, 1.54) is 0 Å². The Balaban J connectivity index is 0.865. The number of hydrogen-bond acceptors (Lipinski definition) is 8. The van der Waals surface area contributed by atoms with Gasteiger partial charge in [-0.3, -0.25) is 19.2 Å². The fraction of sp³-hybridized carbons (Fsp3) is 0.532. The van der Waals surface area contributed by atoms with Crippen molar-refractivity contribution in [2.75, 3.05) is 13.1 Å². The van der Waals surface area contributed by atoms with Crippen LogP contribution in [0.5, 0.6) is 11.5 Å². The molecule has 4 amide bonds. The summed E-state index contributed by atoms with van der Waals surface area (Å²) in [5.74, 6) is 1.81. The van der Waals surface area contributed by atoms with Crippen LogP contribution in [0.1, 0.15) is 114 Å². The Kier molecular flexibility index (Phi) is 10.6. The number of aromatic amines is 1. The van der Waals surface area contributed by atoms with E-state index in [2.05, 4.69) is 21.7 Å². The number of aromatic nitrogens is 2. The standard InChI is InChI=1S/C47H53Cl2N7O6/c1-22(2)38(52-44(57)24-9-10-24)46(59)55-13-5-7-32(55)31-19-30(41(48)50-31)26-15-28-20-62-35-18-27(16-29-21-61-34(17-26)36(28)37(29)35)40-42(49)54-43(51-40)33-8-6-14-56(33)47(60)39(23(3)4)53-45(58)25-11-12-25/h15-18,22-25,32-33,38-39H,5-14,19-21H2,1-4H3,(H,51,54)(H,52,57)(H,53,58)/t32-,33-,38-,39-/m0/s1. The van der Waals surface area contributed by atoms with Crippen molar-refractivity contribution in [3.05, 3.63) is 57.1 Å².